The van der Waals surface area contributed by atoms with Crippen molar-refractivity contribution in [2.24, 2.45) is 23.7 Å². The molecule has 1 aromatic rings. The van der Waals surface area contributed by atoms with Crippen LogP contribution in [0.15, 0.2) is 24.4 Å². The molecule has 0 bridgehead atoms. The molecule has 4 nitrogen and oxygen atoms in total. The van der Waals surface area contributed by atoms with E-state index in [-0.39, 0.29) is 5.92 Å². The number of hydrogen-bond acceptors (Lipinski definition) is 3. The number of aromatic nitrogens is 1. The molecule has 130 valence electrons. The maximum Gasteiger partial charge on any atom is 0.225 e. The molecule has 0 radical (unpaired) electrons. The summed E-state index contributed by atoms with van der Waals surface area (Å²) in [5.41, 5.74) is 1.21. The summed E-state index contributed by atoms with van der Waals surface area (Å²) in [6.45, 7) is 3.46. The van der Waals surface area contributed by atoms with Gasteiger partial charge in [-0.25, -0.2) is 0 Å². The molecule has 1 saturated carbocycles. The normalized spacial score (nSPS) is 31.0. The Hall–Kier alpha value is -1.42. The van der Waals surface area contributed by atoms with Crippen LogP contribution < -0.4 is 0 Å². The molecule has 0 spiro atoms. The van der Waals surface area contributed by atoms with Gasteiger partial charge in [-0.1, -0.05) is 12.5 Å². The number of amides is 1. The van der Waals surface area contributed by atoms with E-state index in [2.05, 4.69) is 22.0 Å². The van der Waals surface area contributed by atoms with Crippen LogP contribution in [-0.4, -0.2) is 42.1 Å². The lowest BCUT2D eigenvalue weighted by Gasteiger charge is -2.32. The first kappa shape index (κ1) is 16.1. The van der Waals surface area contributed by atoms with Crippen molar-refractivity contribution in [3.8, 4) is 0 Å². The van der Waals surface area contributed by atoms with Gasteiger partial charge in [-0.05, 0) is 62.0 Å². The number of ether oxygens (including phenoxy) is 1. The summed E-state index contributed by atoms with van der Waals surface area (Å²) in [6.07, 6.45) is 8.66. The van der Waals surface area contributed by atoms with Gasteiger partial charge in [0.15, 0.2) is 0 Å². The molecule has 1 amide bonds. The Morgan fingerprint density at radius 1 is 1.17 bits per heavy atom. The van der Waals surface area contributed by atoms with Gasteiger partial charge in [-0.3, -0.25) is 9.78 Å². The summed E-state index contributed by atoms with van der Waals surface area (Å²) in [7, 11) is 0. The monoisotopic (exact) mass is 328 g/mol. The minimum Gasteiger partial charge on any atom is -0.381 e. The molecule has 2 saturated heterocycles. The van der Waals surface area contributed by atoms with Gasteiger partial charge in [0.25, 0.3) is 0 Å². The third-order valence-corrected chi connectivity index (χ3v) is 6.33. The molecule has 4 rings (SSSR count). The Labute approximate surface area is 144 Å². The number of rotatable bonds is 3. The first-order valence-electron chi connectivity index (χ1n) is 9.57. The van der Waals surface area contributed by atoms with Gasteiger partial charge < -0.3 is 9.64 Å². The Balaban J connectivity index is 1.41. The second kappa shape index (κ2) is 7.22. The molecule has 3 atom stereocenters. The number of hydrogen-bond donors (Lipinski definition) is 0. The van der Waals surface area contributed by atoms with Crippen molar-refractivity contribution in [3.63, 3.8) is 0 Å². The van der Waals surface area contributed by atoms with E-state index < -0.39 is 0 Å². The SMILES string of the molecule is O=C(C1CCOCC1)N1C[C@H]2CCC[C@H](Cc3ccccn3)[C@H]2C1. The topological polar surface area (TPSA) is 42.4 Å². The quantitative estimate of drug-likeness (QED) is 0.857. The van der Waals surface area contributed by atoms with Crippen LogP contribution in [0.3, 0.4) is 0 Å². The summed E-state index contributed by atoms with van der Waals surface area (Å²) >= 11 is 0. The lowest BCUT2D eigenvalue weighted by Crippen LogP contribution is -2.37. The van der Waals surface area contributed by atoms with Crippen LogP contribution in [0.1, 0.15) is 37.8 Å². The highest BCUT2D eigenvalue weighted by Crippen LogP contribution is 2.42. The van der Waals surface area contributed by atoms with Crippen LogP contribution in [0.5, 0.6) is 0 Å². The molecule has 0 aromatic carbocycles. The highest BCUT2D eigenvalue weighted by molar-refractivity contribution is 5.79. The van der Waals surface area contributed by atoms with Gasteiger partial charge in [0.1, 0.15) is 0 Å². The van der Waals surface area contributed by atoms with Crippen LogP contribution >= 0.6 is 0 Å². The molecule has 1 aromatic heterocycles. The van der Waals surface area contributed by atoms with E-state index in [1.54, 1.807) is 0 Å². The van der Waals surface area contributed by atoms with Crippen LogP contribution in [0, 0.1) is 23.7 Å². The fourth-order valence-corrected chi connectivity index (χ4v) is 5.02. The van der Waals surface area contributed by atoms with Crippen molar-refractivity contribution in [2.75, 3.05) is 26.3 Å². The zero-order valence-electron chi connectivity index (χ0n) is 14.4. The Kier molecular flexibility index (Phi) is 4.83. The summed E-state index contributed by atoms with van der Waals surface area (Å²) in [5.74, 6) is 2.66. The largest absolute Gasteiger partial charge is 0.381 e. The highest BCUT2D eigenvalue weighted by Gasteiger charge is 2.42. The fraction of sp³-hybridized carbons (Fsp3) is 0.700. The third-order valence-electron chi connectivity index (χ3n) is 6.33. The standard InChI is InChI=1S/C20H28N2O2/c23-20(15-7-10-24-11-8-15)22-13-17-5-3-4-16(19(17)14-22)12-18-6-1-2-9-21-18/h1-2,6,9,15-17,19H,3-5,7-8,10-14H2/t16-,17-,19-/m1/s1. The summed E-state index contributed by atoms with van der Waals surface area (Å²) in [6, 6.07) is 6.21. The van der Waals surface area contributed by atoms with Gasteiger partial charge >= 0.3 is 0 Å². The third kappa shape index (κ3) is 3.34. The van der Waals surface area contributed by atoms with Crippen molar-refractivity contribution in [2.45, 2.75) is 38.5 Å². The zero-order chi connectivity index (χ0) is 16.4. The molecular formula is C20H28N2O2. The first-order valence-corrected chi connectivity index (χ1v) is 9.57. The van der Waals surface area contributed by atoms with Gasteiger partial charge in [0.2, 0.25) is 5.91 Å². The zero-order valence-corrected chi connectivity index (χ0v) is 14.4. The molecule has 2 aliphatic heterocycles. The second-order valence-corrected chi connectivity index (χ2v) is 7.77. The van der Waals surface area contributed by atoms with Crippen molar-refractivity contribution < 1.29 is 9.53 Å². The number of pyridine rings is 1. The molecular weight excluding hydrogens is 300 g/mol. The summed E-state index contributed by atoms with van der Waals surface area (Å²) < 4.78 is 5.41. The second-order valence-electron chi connectivity index (χ2n) is 7.77. The summed E-state index contributed by atoms with van der Waals surface area (Å²) in [4.78, 5) is 19.6. The number of carbonyl (C=O) groups is 1. The van der Waals surface area contributed by atoms with E-state index in [1.807, 2.05) is 12.3 Å². The van der Waals surface area contributed by atoms with E-state index in [1.165, 1.54) is 25.0 Å². The van der Waals surface area contributed by atoms with Crippen molar-refractivity contribution in [3.05, 3.63) is 30.1 Å². The number of fused-ring (bicyclic) bond motifs is 1. The van der Waals surface area contributed by atoms with Gasteiger partial charge in [0.05, 0.1) is 0 Å². The molecule has 0 unspecified atom stereocenters. The highest BCUT2D eigenvalue weighted by atomic mass is 16.5. The van der Waals surface area contributed by atoms with Gasteiger partial charge in [-0.15, -0.1) is 0 Å². The summed E-state index contributed by atoms with van der Waals surface area (Å²) in [5, 5.41) is 0. The van der Waals surface area contributed by atoms with Crippen LogP contribution in [-0.2, 0) is 16.0 Å². The molecule has 4 heteroatoms. The predicted octanol–water partition coefficient (Wildman–Crippen LogP) is 2.93. The van der Waals surface area contributed by atoms with E-state index in [9.17, 15) is 4.79 Å². The fourth-order valence-electron chi connectivity index (χ4n) is 5.02. The predicted molar refractivity (Wildman–Crippen MR) is 92.4 cm³/mol. The Bertz CT molecular complexity index is 556. The molecule has 1 aliphatic carbocycles. The minimum absolute atomic E-state index is 0.202. The van der Waals surface area contributed by atoms with E-state index >= 15 is 0 Å². The van der Waals surface area contributed by atoms with Crippen molar-refractivity contribution in [1.82, 2.24) is 9.88 Å². The van der Waals surface area contributed by atoms with Crippen molar-refractivity contribution >= 4 is 5.91 Å². The average molecular weight is 328 g/mol. The van der Waals surface area contributed by atoms with Crippen molar-refractivity contribution in [1.29, 1.82) is 0 Å². The van der Waals surface area contributed by atoms with E-state index in [4.69, 9.17) is 4.74 Å². The lowest BCUT2D eigenvalue weighted by molar-refractivity contribution is -0.137. The van der Waals surface area contributed by atoms with Crippen LogP contribution in [0.25, 0.3) is 0 Å². The number of likely N-dealkylation sites (tertiary alicyclic amines) is 1. The molecule has 3 fully saturated rings. The van der Waals surface area contributed by atoms with Gasteiger partial charge in [0, 0.05) is 44.1 Å². The van der Waals surface area contributed by atoms with Crippen LogP contribution in [0.2, 0.25) is 0 Å². The van der Waals surface area contributed by atoms with Gasteiger partial charge in [-0.2, -0.15) is 0 Å². The lowest BCUT2D eigenvalue weighted by atomic mass is 9.72. The first-order chi connectivity index (χ1) is 11.8. The maximum absolute atomic E-state index is 12.9. The molecule has 24 heavy (non-hydrogen) atoms. The molecule has 0 N–H and O–H groups in total. The average Bonchev–Trinajstić information content (AvgIpc) is 3.08. The van der Waals surface area contributed by atoms with E-state index in [0.717, 1.165) is 45.6 Å². The Morgan fingerprint density at radius 2 is 2.04 bits per heavy atom. The number of carbonyl (C=O) groups excluding carboxylic acids is 1. The number of nitrogens with zero attached hydrogens (tertiary/aromatic N) is 2. The van der Waals surface area contributed by atoms with E-state index in [0.29, 0.717) is 23.7 Å². The minimum atomic E-state index is 0.202. The molecule has 3 heterocycles. The maximum atomic E-state index is 12.9. The van der Waals surface area contributed by atoms with Crippen LogP contribution in [0.4, 0.5) is 0 Å². The Morgan fingerprint density at radius 3 is 2.83 bits per heavy atom. The molecule has 3 aliphatic rings. The smallest absolute Gasteiger partial charge is 0.225 e.